The van der Waals surface area contributed by atoms with E-state index in [4.69, 9.17) is 17.4 Å². The number of aryl methyl sites for hydroxylation is 1. The molecule has 0 aliphatic heterocycles. The highest BCUT2D eigenvalue weighted by Crippen LogP contribution is 2.30. The van der Waals surface area contributed by atoms with E-state index >= 15 is 0 Å². The van der Waals surface area contributed by atoms with E-state index < -0.39 is 0 Å². The van der Waals surface area contributed by atoms with Gasteiger partial charge in [-0.25, -0.2) is 4.98 Å². The maximum atomic E-state index is 11.1. The summed E-state index contributed by atoms with van der Waals surface area (Å²) in [4.78, 5) is 16.5. The van der Waals surface area contributed by atoms with Crippen LogP contribution in [0.15, 0.2) is 23.1 Å². The van der Waals surface area contributed by atoms with Crippen molar-refractivity contribution in [2.75, 3.05) is 7.11 Å². The van der Waals surface area contributed by atoms with Gasteiger partial charge in [-0.15, -0.1) is 0 Å². The second-order valence-electron chi connectivity index (χ2n) is 4.56. The van der Waals surface area contributed by atoms with Crippen LogP contribution < -0.4 is 4.74 Å². The quantitative estimate of drug-likeness (QED) is 0.804. The summed E-state index contributed by atoms with van der Waals surface area (Å²) in [5, 5.41) is 0.915. The van der Waals surface area contributed by atoms with Gasteiger partial charge in [0.2, 0.25) is 0 Å². The van der Waals surface area contributed by atoms with E-state index in [1.54, 1.807) is 14.0 Å². The number of ketones is 1. The molecule has 0 bridgehead atoms. The molecule has 2 rings (SSSR count). The third kappa shape index (κ3) is 2.68. The van der Waals surface area contributed by atoms with E-state index in [1.165, 1.54) is 0 Å². The predicted molar refractivity (Wildman–Crippen MR) is 77.7 cm³/mol. The van der Waals surface area contributed by atoms with Gasteiger partial charge in [-0.05, 0) is 37.3 Å². The number of hydrogen-bond donors (Lipinski definition) is 0. The largest absolute Gasteiger partial charge is 0.779 e. The normalized spacial score (nSPS) is 10.7. The average Bonchev–Trinajstić information content (AvgIpc) is 2.37. The topological polar surface area (TPSA) is 39.2 Å². The molecule has 0 saturated heterocycles. The first-order chi connectivity index (χ1) is 9.04. The van der Waals surface area contributed by atoms with Gasteiger partial charge in [-0.3, -0.25) is 0 Å². The van der Waals surface area contributed by atoms with Crippen molar-refractivity contribution in [3.63, 3.8) is 0 Å². The molecule has 0 atom stereocenters. The first kappa shape index (κ1) is 13.7. The first-order valence-electron chi connectivity index (χ1n) is 6.17. The summed E-state index contributed by atoms with van der Waals surface area (Å²) < 4.78 is 5.31. The second-order valence-corrected chi connectivity index (χ2v) is 4.97. The summed E-state index contributed by atoms with van der Waals surface area (Å²) in [6, 6.07) is 5.73. The fourth-order valence-electron chi connectivity index (χ4n) is 2.14. The van der Waals surface area contributed by atoms with Crippen molar-refractivity contribution in [3.05, 3.63) is 29.5 Å². The lowest BCUT2D eigenvalue weighted by Gasteiger charge is -2.20. The lowest BCUT2D eigenvalue weighted by atomic mass is 10.0. The number of methoxy groups -OCH3 is 1. The lowest BCUT2D eigenvalue weighted by Crippen LogP contribution is -2.02. The molecule has 0 radical (unpaired) electrons. The van der Waals surface area contributed by atoms with Gasteiger partial charge in [-0.1, -0.05) is 12.1 Å². The van der Waals surface area contributed by atoms with E-state index in [9.17, 15) is 4.79 Å². The summed E-state index contributed by atoms with van der Waals surface area (Å²) in [6.07, 6.45) is 1.15. The van der Waals surface area contributed by atoms with Crippen molar-refractivity contribution in [1.82, 2.24) is 4.98 Å². The van der Waals surface area contributed by atoms with Gasteiger partial charge in [0.15, 0.2) is 0 Å². The molecule has 4 heteroatoms. The molecule has 1 heterocycles. The SMILES string of the molecule is COc1cccc2c([S-])c(CCC(C)=O)c(C)nc12. The third-order valence-electron chi connectivity index (χ3n) is 3.18. The number of hydrogen-bond acceptors (Lipinski definition) is 4. The number of para-hydroxylation sites is 1. The summed E-state index contributed by atoms with van der Waals surface area (Å²) in [6.45, 7) is 3.52. The van der Waals surface area contributed by atoms with Crippen molar-refractivity contribution >= 4 is 29.3 Å². The molecule has 0 N–H and O–H groups in total. The molecular formula is C15H16NO2S-. The summed E-state index contributed by atoms with van der Waals surface area (Å²) >= 11 is 5.53. The Morgan fingerprint density at radius 1 is 1.42 bits per heavy atom. The minimum atomic E-state index is 0.166. The predicted octanol–water partition coefficient (Wildman–Crippen LogP) is 2.98. The number of nitrogens with zero attached hydrogens (tertiary/aromatic N) is 1. The molecule has 0 saturated carbocycles. The van der Waals surface area contributed by atoms with Crippen LogP contribution in [0.4, 0.5) is 0 Å². The van der Waals surface area contributed by atoms with Crippen LogP contribution in [0.5, 0.6) is 5.75 Å². The Hall–Kier alpha value is -1.68. The highest BCUT2D eigenvalue weighted by atomic mass is 32.1. The Morgan fingerprint density at radius 2 is 2.16 bits per heavy atom. The molecule has 0 fully saturated rings. The van der Waals surface area contributed by atoms with Gasteiger partial charge in [0.1, 0.15) is 17.0 Å². The molecule has 2 aromatic rings. The van der Waals surface area contributed by atoms with E-state index in [1.807, 2.05) is 25.1 Å². The van der Waals surface area contributed by atoms with E-state index in [-0.39, 0.29) is 5.78 Å². The first-order valence-corrected chi connectivity index (χ1v) is 6.58. The van der Waals surface area contributed by atoms with Crippen molar-refractivity contribution in [2.24, 2.45) is 0 Å². The standard InChI is InChI=1S/C15H17NO2S/c1-9(17)7-8-11-10(2)16-14-12(15(11)19)5-4-6-13(14)18-3/h4-6H,7-8H2,1-3H3,(H,16,19)/p-1. The van der Waals surface area contributed by atoms with Crippen LogP contribution >= 0.6 is 0 Å². The smallest absolute Gasteiger partial charge is 0.145 e. The number of carbonyl (C=O) groups is 1. The second kappa shape index (κ2) is 5.53. The van der Waals surface area contributed by atoms with Gasteiger partial charge in [0.05, 0.1) is 7.11 Å². The molecule has 0 amide bonds. The molecule has 0 spiro atoms. The third-order valence-corrected chi connectivity index (χ3v) is 3.65. The van der Waals surface area contributed by atoms with Gasteiger partial charge in [0.25, 0.3) is 0 Å². The molecule has 0 aliphatic rings. The molecule has 0 aliphatic carbocycles. The minimum absolute atomic E-state index is 0.166. The number of pyridine rings is 1. The number of Topliss-reactive ketones (excluding diaryl/α,β-unsaturated/α-hetero) is 1. The van der Waals surface area contributed by atoms with Crippen LogP contribution in [0.1, 0.15) is 24.6 Å². The van der Waals surface area contributed by atoms with E-state index in [0.29, 0.717) is 12.8 Å². The lowest BCUT2D eigenvalue weighted by molar-refractivity contribution is -0.116. The zero-order valence-corrected chi connectivity index (χ0v) is 12.1. The monoisotopic (exact) mass is 274 g/mol. The van der Waals surface area contributed by atoms with Gasteiger partial charge >= 0.3 is 0 Å². The van der Waals surface area contributed by atoms with Crippen LogP contribution in [0.2, 0.25) is 0 Å². The average molecular weight is 274 g/mol. The van der Waals surface area contributed by atoms with Crippen LogP contribution in [-0.2, 0) is 23.8 Å². The van der Waals surface area contributed by atoms with Crippen LogP contribution in [0.3, 0.4) is 0 Å². The Bertz CT molecular complexity index is 638. The van der Waals surface area contributed by atoms with Crippen molar-refractivity contribution in [3.8, 4) is 5.75 Å². The zero-order chi connectivity index (χ0) is 14.0. The Labute approximate surface area is 118 Å². The van der Waals surface area contributed by atoms with Crippen LogP contribution in [0, 0.1) is 6.92 Å². The summed E-state index contributed by atoms with van der Waals surface area (Å²) in [5.74, 6) is 0.893. The minimum Gasteiger partial charge on any atom is -0.779 e. The molecule has 3 nitrogen and oxygen atoms in total. The van der Waals surface area contributed by atoms with Crippen molar-refractivity contribution < 1.29 is 9.53 Å². The van der Waals surface area contributed by atoms with Crippen molar-refractivity contribution in [2.45, 2.75) is 31.6 Å². The fraction of sp³-hybridized carbons (Fsp3) is 0.333. The Morgan fingerprint density at radius 3 is 2.79 bits per heavy atom. The highest BCUT2D eigenvalue weighted by molar-refractivity contribution is 7.59. The number of rotatable bonds is 4. The van der Waals surface area contributed by atoms with Crippen LogP contribution in [-0.4, -0.2) is 17.9 Å². The molecule has 19 heavy (non-hydrogen) atoms. The maximum absolute atomic E-state index is 11.1. The van der Waals surface area contributed by atoms with Gasteiger partial charge in [-0.2, -0.15) is 4.90 Å². The Kier molecular flexibility index (Phi) is 4.00. The molecule has 100 valence electrons. The zero-order valence-electron chi connectivity index (χ0n) is 11.3. The molecule has 1 aromatic carbocycles. The van der Waals surface area contributed by atoms with E-state index in [2.05, 4.69) is 4.98 Å². The fourth-order valence-corrected chi connectivity index (χ4v) is 2.56. The molecular weight excluding hydrogens is 258 g/mol. The number of aromatic nitrogens is 1. The summed E-state index contributed by atoms with van der Waals surface area (Å²) in [7, 11) is 1.62. The Balaban J connectivity index is 2.59. The molecule has 0 unspecified atom stereocenters. The summed E-state index contributed by atoms with van der Waals surface area (Å²) in [5.41, 5.74) is 2.66. The number of ether oxygens (including phenoxy) is 1. The van der Waals surface area contributed by atoms with Crippen molar-refractivity contribution in [1.29, 1.82) is 0 Å². The maximum Gasteiger partial charge on any atom is 0.145 e. The van der Waals surface area contributed by atoms with Gasteiger partial charge < -0.3 is 22.2 Å². The highest BCUT2D eigenvalue weighted by Gasteiger charge is 2.09. The molecule has 1 aromatic heterocycles. The van der Waals surface area contributed by atoms with Crippen LogP contribution in [0.25, 0.3) is 10.9 Å². The number of benzene rings is 1. The number of carbonyl (C=O) groups excluding carboxylic acids is 1. The van der Waals surface area contributed by atoms with E-state index in [0.717, 1.165) is 32.8 Å². The number of fused-ring (bicyclic) bond motifs is 1. The van der Waals surface area contributed by atoms with Gasteiger partial charge in [0, 0.05) is 12.1 Å².